The first-order chi connectivity index (χ1) is 8.24. The molecule has 3 aromatic rings. The highest BCUT2D eigenvalue weighted by Gasteiger charge is 2.06. The van der Waals surface area contributed by atoms with Gasteiger partial charge in [-0.3, -0.25) is 0 Å². The topological polar surface area (TPSA) is 38.9 Å². The van der Waals surface area contributed by atoms with Crippen LogP contribution in [0, 0.1) is 0 Å². The fraction of sp³-hybridized carbons (Fsp3) is 0. The van der Waals surface area contributed by atoms with E-state index in [1.165, 1.54) is 15.0 Å². The van der Waals surface area contributed by atoms with Gasteiger partial charge in [0.25, 0.3) is 0 Å². The number of aromatic nitrogens is 1. The first-order valence-corrected chi connectivity index (χ1v) is 6.75. The van der Waals surface area contributed by atoms with Gasteiger partial charge in [0, 0.05) is 31.2 Å². The maximum Gasteiger partial charge on any atom is 0.123 e. The maximum absolute atomic E-state index is 5.59. The van der Waals surface area contributed by atoms with Crippen molar-refractivity contribution in [2.75, 3.05) is 5.73 Å². The summed E-state index contributed by atoms with van der Waals surface area (Å²) in [5.74, 6) is 0.552. The zero-order valence-corrected chi connectivity index (χ0v) is 11.3. The Kier molecular flexibility index (Phi) is 2.61. The Morgan fingerprint density at radius 1 is 1.18 bits per heavy atom. The van der Waals surface area contributed by atoms with Gasteiger partial charge in [-0.2, -0.15) is 0 Å². The summed E-state index contributed by atoms with van der Waals surface area (Å²) in [5.41, 5.74) is 6.69. The standard InChI is InChI=1S/C13H9BrN2S/c14-10-2-1-3-11-9(10)6-12(17-11)8-4-5-13(15)16-7-8/h1-7H,(H2,15,16). The number of rotatable bonds is 1. The number of nitrogens with zero attached hydrogens (tertiary/aromatic N) is 1. The third-order valence-electron chi connectivity index (χ3n) is 2.58. The van der Waals surface area contributed by atoms with Crippen LogP contribution in [0.15, 0.2) is 47.1 Å². The molecule has 1 aromatic carbocycles. The van der Waals surface area contributed by atoms with Crippen LogP contribution in [0.3, 0.4) is 0 Å². The van der Waals surface area contributed by atoms with Crippen molar-refractivity contribution in [1.29, 1.82) is 0 Å². The van der Waals surface area contributed by atoms with Crippen molar-refractivity contribution >= 4 is 43.2 Å². The van der Waals surface area contributed by atoms with E-state index in [0.717, 1.165) is 10.0 Å². The van der Waals surface area contributed by atoms with E-state index in [1.807, 2.05) is 24.4 Å². The van der Waals surface area contributed by atoms with Crippen molar-refractivity contribution in [1.82, 2.24) is 4.98 Å². The normalized spacial score (nSPS) is 10.9. The molecule has 17 heavy (non-hydrogen) atoms. The van der Waals surface area contributed by atoms with Gasteiger partial charge in [0.05, 0.1) is 0 Å². The molecule has 0 unspecified atom stereocenters. The number of thiophene rings is 1. The molecule has 0 fully saturated rings. The number of nitrogens with two attached hydrogens (primary N) is 1. The van der Waals surface area contributed by atoms with Gasteiger partial charge >= 0.3 is 0 Å². The molecule has 0 spiro atoms. The van der Waals surface area contributed by atoms with E-state index in [4.69, 9.17) is 5.73 Å². The lowest BCUT2D eigenvalue weighted by Gasteiger charge is -1.96. The molecule has 84 valence electrons. The summed E-state index contributed by atoms with van der Waals surface area (Å²) < 4.78 is 2.40. The number of hydrogen-bond acceptors (Lipinski definition) is 3. The highest BCUT2D eigenvalue weighted by Crippen LogP contribution is 2.36. The Hall–Kier alpha value is -1.39. The molecule has 4 heteroatoms. The third-order valence-corrected chi connectivity index (χ3v) is 4.42. The molecule has 0 saturated carbocycles. The Morgan fingerprint density at radius 3 is 2.76 bits per heavy atom. The average Bonchev–Trinajstić information content (AvgIpc) is 2.75. The summed E-state index contributed by atoms with van der Waals surface area (Å²) in [6, 6.07) is 12.2. The SMILES string of the molecule is Nc1ccc(-c2cc3c(Br)cccc3s2)cn1. The first-order valence-electron chi connectivity index (χ1n) is 5.14. The molecular formula is C13H9BrN2S. The van der Waals surface area contributed by atoms with Crippen LogP contribution in [0.2, 0.25) is 0 Å². The second-order valence-electron chi connectivity index (χ2n) is 3.73. The van der Waals surface area contributed by atoms with Crippen LogP contribution in [0.4, 0.5) is 5.82 Å². The molecule has 0 bridgehead atoms. The quantitative estimate of drug-likeness (QED) is 0.727. The lowest BCUT2D eigenvalue weighted by atomic mass is 10.2. The molecule has 0 aliphatic carbocycles. The van der Waals surface area contributed by atoms with Crippen LogP contribution in [0.5, 0.6) is 0 Å². The van der Waals surface area contributed by atoms with E-state index in [9.17, 15) is 0 Å². The number of fused-ring (bicyclic) bond motifs is 1. The van der Waals surface area contributed by atoms with E-state index >= 15 is 0 Å². The Balaban J connectivity index is 2.18. The van der Waals surface area contributed by atoms with E-state index in [2.05, 4.69) is 39.1 Å². The summed E-state index contributed by atoms with van der Waals surface area (Å²) in [4.78, 5) is 5.33. The van der Waals surface area contributed by atoms with E-state index < -0.39 is 0 Å². The molecule has 2 aromatic heterocycles. The number of halogens is 1. The molecule has 2 N–H and O–H groups in total. The fourth-order valence-electron chi connectivity index (χ4n) is 1.72. The zero-order chi connectivity index (χ0) is 11.8. The Morgan fingerprint density at radius 2 is 2.06 bits per heavy atom. The van der Waals surface area contributed by atoms with Gasteiger partial charge in [-0.05, 0) is 30.3 Å². The molecule has 0 atom stereocenters. The van der Waals surface area contributed by atoms with Gasteiger partial charge in [-0.1, -0.05) is 22.0 Å². The smallest absolute Gasteiger partial charge is 0.123 e. The van der Waals surface area contributed by atoms with Crippen molar-refractivity contribution in [2.24, 2.45) is 0 Å². The van der Waals surface area contributed by atoms with Crippen LogP contribution in [-0.2, 0) is 0 Å². The van der Waals surface area contributed by atoms with Crippen molar-refractivity contribution in [3.63, 3.8) is 0 Å². The molecule has 2 heterocycles. The molecule has 3 rings (SSSR count). The largest absolute Gasteiger partial charge is 0.384 e. The minimum Gasteiger partial charge on any atom is -0.384 e. The monoisotopic (exact) mass is 304 g/mol. The van der Waals surface area contributed by atoms with E-state index in [1.54, 1.807) is 11.3 Å². The Bertz CT molecular complexity index is 673. The van der Waals surface area contributed by atoms with E-state index in [-0.39, 0.29) is 0 Å². The van der Waals surface area contributed by atoms with Gasteiger partial charge in [0.1, 0.15) is 5.82 Å². The molecule has 0 radical (unpaired) electrons. The summed E-state index contributed by atoms with van der Waals surface area (Å²) in [7, 11) is 0. The van der Waals surface area contributed by atoms with Crippen molar-refractivity contribution < 1.29 is 0 Å². The molecule has 0 aliphatic heterocycles. The first kappa shape index (κ1) is 10.7. The second kappa shape index (κ2) is 4.13. The molecule has 0 saturated heterocycles. The second-order valence-corrected chi connectivity index (χ2v) is 5.67. The number of nitrogen functional groups attached to an aromatic ring is 1. The van der Waals surface area contributed by atoms with Gasteiger partial charge in [0.2, 0.25) is 0 Å². The van der Waals surface area contributed by atoms with Crippen LogP contribution in [-0.4, -0.2) is 4.98 Å². The van der Waals surface area contributed by atoms with Gasteiger partial charge in [0.15, 0.2) is 0 Å². The van der Waals surface area contributed by atoms with Crippen molar-refractivity contribution in [3.8, 4) is 10.4 Å². The number of benzene rings is 1. The minimum atomic E-state index is 0.552. The average molecular weight is 305 g/mol. The number of pyridine rings is 1. The summed E-state index contributed by atoms with van der Waals surface area (Å²) >= 11 is 5.32. The Labute approximate surface area is 111 Å². The molecular weight excluding hydrogens is 296 g/mol. The predicted octanol–water partition coefficient (Wildman–Crippen LogP) is 4.31. The molecule has 0 aliphatic rings. The zero-order valence-electron chi connectivity index (χ0n) is 8.85. The predicted molar refractivity (Wildman–Crippen MR) is 77.2 cm³/mol. The van der Waals surface area contributed by atoms with Crippen molar-refractivity contribution in [2.45, 2.75) is 0 Å². The van der Waals surface area contributed by atoms with Crippen LogP contribution in [0.1, 0.15) is 0 Å². The minimum absolute atomic E-state index is 0.552. The van der Waals surface area contributed by atoms with Gasteiger partial charge in [-0.25, -0.2) is 4.98 Å². The summed E-state index contributed by atoms with van der Waals surface area (Å²) in [5, 5.41) is 1.24. The van der Waals surface area contributed by atoms with Gasteiger partial charge < -0.3 is 5.73 Å². The molecule has 2 nitrogen and oxygen atoms in total. The van der Waals surface area contributed by atoms with Crippen LogP contribution >= 0.6 is 27.3 Å². The molecule has 0 amide bonds. The maximum atomic E-state index is 5.59. The highest BCUT2D eigenvalue weighted by molar-refractivity contribution is 9.10. The van der Waals surface area contributed by atoms with Crippen LogP contribution in [0.25, 0.3) is 20.5 Å². The number of hydrogen-bond donors (Lipinski definition) is 1. The summed E-state index contributed by atoms with van der Waals surface area (Å²) in [6.45, 7) is 0. The number of anilines is 1. The summed E-state index contributed by atoms with van der Waals surface area (Å²) in [6.07, 6.45) is 1.81. The fourth-order valence-corrected chi connectivity index (χ4v) is 3.41. The highest BCUT2D eigenvalue weighted by atomic mass is 79.9. The van der Waals surface area contributed by atoms with Crippen molar-refractivity contribution in [3.05, 3.63) is 47.1 Å². The third kappa shape index (κ3) is 1.94. The lowest BCUT2D eigenvalue weighted by Crippen LogP contribution is -1.87. The lowest BCUT2D eigenvalue weighted by molar-refractivity contribution is 1.34. The van der Waals surface area contributed by atoms with Gasteiger partial charge in [-0.15, -0.1) is 11.3 Å². The van der Waals surface area contributed by atoms with E-state index in [0.29, 0.717) is 5.82 Å². The van der Waals surface area contributed by atoms with Crippen LogP contribution < -0.4 is 5.73 Å².